The van der Waals surface area contributed by atoms with Crippen molar-refractivity contribution in [3.05, 3.63) is 46.5 Å². The number of phenolic OH excluding ortho intramolecular Hbond substituents is 1. The van der Waals surface area contributed by atoms with Crippen LogP contribution in [0.3, 0.4) is 0 Å². The van der Waals surface area contributed by atoms with Crippen molar-refractivity contribution < 1.29 is 40.5 Å². The Labute approximate surface area is 187 Å². The van der Waals surface area contributed by atoms with E-state index in [9.17, 15) is 36.3 Å². The van der Waals surface area contributed by atoms with Crippen LogP contribution >= 0.6 is 0 Å². The number of rotatable bonds is 2. The molecule has 0 saturated carbocycles. The first-order chi connectivity index (χ1) is 15.3. The first-order valence-electron chi connectivity index (χ1n) is 9.84. The summed E-state index contributed by atoms with van der Waals surface area (Å²) in [5.74, 6) is -0.388. The van der Waals surface area contributed by atoms with Gasteiger partial charge in [-0.05, 0) is 49.9 Å². The van der Waals surface area contributed by atoms with Crippen LogP contribution in [0, 0.1) is 13.8 Å². The molecule has 0 atom stereocenters. The minimum Gasteiger partial charge on any atom is -0.508 e. The van der Waals surface area contributed by atoms with Gasteiger partial charge in [0.05, 0.1) is 11.4 Å². The fourth-order valence-electron chi connectivity index (χ4n) is 3.47. The predicted octanol–water partition coefficient (Wildman–Crippen LogP) is 3.69. The molecule has 0 spiro atoms. The Morgan fingerprint density at radius 3 is 1.88 bits per heavy atom. The van der Waals surface area contributed by atoms with E-state index in [2.05, 4.69) is 14.8 Å². The summed E-state index contributed by atoms with van der Waals surface area (Å²) in [6.07, 6.45) is 1.27. The van der Waals surface area contributed by atoms with Crippen molar-refractivity contribution in [1.29, 1.82) is 0 Å². The number of halogens is 3. The highest BCUT2D eigenvalue weighted by Crippen LogP contribution is 2.37. The molecule has 3 N–H and O–H groups in total. The maximum Gasteiger partial charge on any atom is 0.534 e. The molecule has 2 aliphatic rings. The van der Waals surface area contributed by atoms with Crippen LogP contribution in [0.2, 0.25) is 0 Å². The van der Waals surface area contributed by atoms with Crippen LogP contribution in [0.5, 0.6) is 11.5 Å². The van der Waals surface area contributed by atoms with Crippen LogP contribution in [0.25, 0.3) is 0 Å². The second-order valence-corrected chi connectivity index (χ2v) is 9.11. The number of hydrogen-bond acceptors (Lipinski definition) is 6. The average molecular weight is 486 g/mol. The van der Waals surface area contributed by atoms with E-state index in [0.29, 0.717) is 24.1 Å². The maximum atomic E-state index is 12.3. The summed E-state index contributed by atoms with van der Waals surface area (Å²) in [5, 5.41) is 14.8. The van der Waals surface area contributed by atoms with Crippen molar-refractivity contribution in [2.75, 3.05) is 10.6 Å². The predicted molar refractivity (Wildman–Crippen MR) is 114 cm³/mol. The normalized spacial score (nSPS) is 15.3. The molecule has 0 fully saturated rings. The number of aromatic hydroxyl groups is 1. The zero-order chi connectivity index (χ0) is 24.6. The molecule has 0 saturated heterocycles. The van der Waals surface area contributed by atoms with Gasteiger partial charge in [-0.2, -0.15) is 21.6 Å². The standard InChI is InChI=1S/C11H10F3NO4S.C10H11NO2/c1-6-2-4-8(19-20(17,18)11(12,13)14)7-3-5-9(16)15-10(6)7;1-6-2-4-8(12)7-3-5-9(13)11-10(6)7/h2,4H,3,5H2,1H3,(H,15,16);2,4,12H,3,5H2,1H3,(H,11,13). The molecule has 33 heavy (non-hydrogen) atoms. The Bertz CT molecular complexity index is 1230. The quantitative estimate of drug-likeness (QED) is 0.440. The maximum absolute atomic E-state index is 12.3. The van der Waals surface area contributed by atoms with Gasteiger partial charge in [-0.15, -0.1) is 0 Å². The van der Waals surface area contributed by atoms with Crippen LogP contribution in [-0.2, 0) is 32.5 Å². The lowest BCUT2D eigenvalue weighted by Crippen LogP contribution is -2.29. The molecule has 8 nitrogen and oxygen atoms in total. The fraction of sp³-hybridized carbons (Fsp3) is 0.333. The molecule has 0 aliphatic carbocycles. The molecule has 2 aliphatic heterocycles. The summed E-state index contributed by atoms with van der Waals surface area (Å²) in [7, 11) is -5.72. The van der Waals surface area contributed by atoms with Gasteiger partial charge in [0.15, 0.2) is 0 Å². The molecule has 4 rings (SSSR count). The van der Waals surface area contributed by atoms with Gasteiger partial charge in [0.25, 0.3) is 0 Å². The Kier molecular flexibility index (Phi) is 6.59. The van der Waals surface area contributed by atoms with Crippen molar-refractivity contribution in [3.63, 3.8) is 0 Å². The summed E-state index contributed by atoms with van der Waals surface area (Å²) in [5.41, 5.74) is -1.68. The molecule has 0 aromatic heterocycles. The molecule has 0 radical (unpaired) electrons. The van der Waals surface area contributed by atoms with Gasteiger partial charge in [-0.1, -0.05) is 12.1 Å². The van der Waals surface area contributed by atoms with Crippen molar-refractivity contribution in [2.45, 2.75) is 45.0 Å². The van der Waals surface area contributed by atoms with E-state index in [1.807, 2.05) is 6.92 Å². The lowest BCUT2D eigenvalue weighted by Gasteiger charge is -2.22. The van der Waals surface area contributed by atoms with E-state index >= 15 is 0 Å². The van der Waals surface area contributed by atoms with Crippen molar-refractivity contribution >= 4 is 33.3 Å². The number of phenols is 1. The van der Waals surface area contributed by atoms with Crippen LogP contribution in [0.15, 0.2) is 24.3 Å². The number of carbonyl (C=O) groups is 2. The van der Waals surface area contributed by atoms with Gasteiger partial charge in [0, 0.05) is 24.0 Å². The van der Waals surface area contributed by atoms with Crippen LogP contribution in [0.1, 0.15) is 35.1 Å². The molecule has 178 valence electrons. The van der Waals surface area contributed by atoms with Gasteiger partial charge < -0.3 is 19.9 Å². The number of aryl methyl sites for hydroxylation is 2. The Balaban J connectivity index is 0.000000203. The second-order valence-electron chi connectivity index (χ2n) is 7.57. The van der Waals surface area contributed by atoms with Gasteiger partial charge >= 0.3 is 15.6 Å². The number of carbonyl (C=O) groups excluding carboxylic acids is 2. The highest BCUT2D eigenvalue weighted by atomic mass is 32.2. The van der Waals surface area contributed by atoms with E-state index in [0.717, 1.165) is 22.9 Å². The summed E-state index contributed by atoms with van der Waals surface area (Å²) in [4.78, 5) is 22.4. The summed E-state index contributed by atoms with van der Waals surface area (Å²) in [6, 6.07) is 6.01. The third-order valence-electron chi connectivity index (χ3n) is 5.19. The minimum atomic E-state index is -5.72. The van der Waals surface area contributed by atoms with Crippen molar-refractivity contribution in [1.82, 2.24) is 0 Å². The summed E-state index contributed by atoms with van der Waals surface area (Å²) < 4.78 is 63.1. The van der Waals surface area contributed by atoms with E-state index < -0.39 is 21.4 Å². The first kappa shape index (κ1) is 24.4. The number of alkyl halides is 3. The summed E-state index contributed by atoms with van der Waals surface area (Å²) >= 11 is 0. The number of hydrogen-bond donors (Lipinski definition) is 3. The largest absolute Gasteiger partial charge is 0.534 e. The molecule has 0 bridgehead atoms. The molecule has 2 heterocycles. The molecule has 12 heteroatoms. The number of amides is 2. The van der Waals surface area contributed by atoms with E-state index in [4.69, 9.17) is 0 Å². The molecule has 2 amide bonds. The molecular weight excluding hydrogens is 465 g/mol. The highest BCUT2D eigenvalue weighted by Gasteiger charge is 2.49. The second kappa shape index (κ2) is 8.93. The minimum absolute atomic E-state index is 0.0289. The Morgan fingerprint density at radius 1 is 0.848 bits per heavy atom. The number of benzene rings is 2. The van der Waals surface area contributed by atoms with Crippen molar-refractivity contribution in [2.24, 2.45) is 0 Å². The number of nitrogens with one attached hydrogen (secondary N) is 2. The number of anilines is 2. The van der Waals surface area contributed by atoms with E-state index in [-0.39, 0.29) is 36.0 Å². The molecule has 0 unspecified atom stereocenters. The highest BCUT2D eigenvalue weighted by molar-refractivity contribution is 7.88. The Morgan fingerprint density at radius 2 is 1.33 bits per heavy atom. The summed E-state index contributed by atoms with van der Waals surface area (Å²) in [6.45, 7) is 3.57. The van der Waals surface area contributed by atoms with Crippen LogP contribution in [0.4, 0.5) is 24.5 Å². The van der Waals surface area contributed by atoms with Gasteiger partial charge in [-0.25, -0.2) is 0 Å². The third-order valence-corrected chi connectivity index (χ3v) is 6.16. The Hall–Kier alpha value is -3.28. The number of fused-ring (bicyclic) bond motifs is 2. The van der Waals surface area contributed by atoms with E-state index in [1.54, 1.807) is 19.1 Å². The van der Waals surface area contributed by atoms with Crippen LogP contribution in [-0.4, -0.2) is 30.8 Å². The van der Waals surface area contributed by atoms with Gasteiger partial charge in [0.2, 0.25) is 11.8 Å². The topological polar surface area (TPSA) is 122 Å². The smallest absolute Gasteiger partial charge is 0.508 e. The zero-order valence-electron chi connectivity index (χ0n) is 17.7. The molecule has 2 aromatic rings. The monoisotopic (exact) mass is 486 g/mol. The van der Waals surface area contributed by atoms with Crippen LogP contribution < -0.4 is 14.8 Å². The molecular formula is C21H21F3N2O6S. The van der Waals surface area contributed by atoms with Gasteiger partial charge in [0.1, 0.15) is 11.5 Å². The van der Waals surface area contributed by atoms with E-state index in [1.165, 1.54) is 6.07 Å². The SMILES string of the molecule is Cc1ccc(O)c2c1NC(=O)CC2.Cc1ccc(OS(=O)(=O)C(F)(F)F)c2c1NC(=O)CC2. The van der Waals surface area contributed by atoms with Gasteiger partial charge in [-0.3, -0.25) is 9.59 Å². The lowest BCUT2D eigenvalue weighted by atomic mass is 9.99. The molecule has 2 aromatic carbocycles. The fourth-order valence-corrected chi connectivity index (χ4v) is 3.96. The third kappa shape index (κ3) is 5.21. The van der Waals surface area contributed by atoms with Crippen molar-refractivity contribution in [3.8, 4) is 11.5 Å². The zero-order valence-corrected chi connectivity index (χ0v) is 18.5. The first-order valence-corrected chi connectivity index (χ1v) is 11.3. The average Bonchev–Trinajstić information content (AvgIpc) is 2.72. The lowest BCUT2D eigenvalue weighted by molar-refractivity contribution is -0.117.